The lowest BCUT2D eigenvalue weighted by atomic mass is 9.96. The first-order chi connectivity index (χ1) is 13.6. The summed E-state index contributed by atoms with van der Waals surface area (Å²) in [6.07, 6.45) is 3.43. The van der Waals surface area contributed by atoms with Gasteiger partial charge in [0.15, 0.2) is 0 Å². The lowest BCUT2D eigenvalue weighted by molar-refractivity contribution is 0.0952. The van der Waals surface area contributed by atoms with Gasteiger partial charge < -0.3 is 15.2 Å². The molecule has 1 atom stereocenters. The van der Waals surface area contributed by atoms with Crippen LogP contribution in [0.4, 0.5) is 0 Å². The molecule has 1 aliphatic heterocycles. The molecule has 0 saturated carbocycles. The molecule has 0 aliphatic carbocycles. The Kier molecular flexibility index (Phi) is 5.39. The molecule has 6 nitrogen and oxygen atoms in total. The predicted molar refractivity (Wildman–Crippen MR) is 109 cm³/mol. The number of benzene rings is 1. The Hall–Kier alpha value is -2.73. The second kappa shape index (κ2) is 8.10. The summed E-state index contributed by atoms with van der Waals surface area (Å²) in [5.41, 5.74) is 4.49. The molecule has 146 valence electrons. The lowest BCUT2D eigenvalue weighted by Gasteiger charge is -2.22. The fourth-order valence-electron chi connectivity index (χ4n) is 3.80. The van der Waals surface area contributed by atoms with E-state index in [-0.39, 0.29) is 5.91 Å². The number of carbonyl (C=O) groups excluding carboxylic acids is 1. The third-order valence-electron chi connectivity index (χ3n) is 5.45. The van der Waals surface area contributed by atoms with Crippen molar-refractivity contribution in [2.75, 3.05) is 19.6 Å². The number of nitrogens with one attached hydrogen (secondary N) is 2. The molecular weight excluding hydrogens is 352 g/mol. The number of fused-ring (bicyclic) bond motifs is 1. The Bertz CT molecular complexity index is 972. The Morgan fingerprint density at radius 2 is 2.11 bits per heavy atom. The first kappa shape index (κ1) is 18.6. The Morgan fingerprint density at radius 1 is 1.29 bits per heavy atom. The van der Waals surface area contributed by atoms with Crippen LogP contribution < -0.4 is 10.6 Å². The van der Waals surface area contributed by atoms with Crippen molar-refractivity contribution in [1.29, 1.82) is 0 Å². The van der Waals surface area contributed by atoms with Crippen LogP contribution in [0.3, 0.4) is 0 Å². The van der Waals surface area contributed by atoms with E-state index in [1.54, 1.807) is 0 Å². The SMILES string of the molecule is Cc1ccc(-c2cc(C(=O)NCCC3CCCNC3)c3c(C)noc3n2)cc1. The van der Waals surface area contributed by atoms with E-state index in [2.05, 4.69) is 20.8 Å². The molecule has 1 saturated heterocycles. The Labute approximate surface area is 164 Å². The summed E-state index contributed by atoms with van der Waals surface area (Å²) in [5.74, 6) is 0.530. The predicted octanol–water partition coefficient (Wildman–Crippen LogP) is 3.63. The van der Waals surface area contributed by atoms with Gasteiger partial charge in [-0.2, -0.15) is 0 Å². The zero-order valence-corrected chi connectivity index (χ0v) is 16.4. The van der Waals surface area contributed by atoms with Crippen molar-refractivity contribution in [3.05, 3.63) is 47.2 Å². The maximum atomic E-state index is 13.0. The molecule has 4 rings (SSSR count). The number of hydrogen-bond acceptors (Lipinski definition) is 5. The van der Waals surface area contributed by atoms with E-state index < -0.39 is 0 Å². The highest BCUT2D eigenvalue weighted by molar-refractivity contribution is 6.06. The number of aromatic nitrogens is 2. The van der Waals surface area contributed by atoms with Gasteiger partial charge >= 0.3 is 0 Å². The minimum absolute atomic E-state index is 0.101. The van der Waals surface area contributed by atoms with E-state index in [1.807, 2.05) is 44.2 Å². The zero-order chi connectivity index (χ0) is 19.5. The number of nitrogens with zero attached hydrogens (tertiary/aromatic N) is 2. The normalized spacial score (nSPS) is 17.0. The molecule has 0 bridgehead atoms. The summed E-state index contributed by atoms with van der Waals surface area (Å²) in [7, 11) is 0. The summed E-state index contributed by atoms with van der Waals surface area (Å²) < 4.78 is 5.38. The van der Waals surface area contributed by atoms with Gasteiger partial charge in [0.05, 0.1) is 22.3 Å². The van der Waals surface area contributed by atoms with Gasteiger partial charge in [-0.15, -0.1) is 0 Å². The van der Waals surface area contributed by atoms with E-state index in [1.165, 1.54) is 18.4 Å². The topological polar surface area (TPSA) is 80.0 Å². The van der Waals surface area contributed by atoms with Crippen molar-refractivity contribution in [3.63, 3.8) is 0 Å². The number of carbonyl (C=O) groups is 1. The van der Waals surface area contributed by atoms with Crippen LogP contribution in [0.25, 0.3) is 22.4 Å². The van der Waals surface area contributed by atoms with Crippen LogP contribution in [0.15, 0.2) is 34.9 Å². The van der Waals surface area contributed by atoms with Crippen LogP contribution in [0, 0.1) is 19.8 Å². The molecule has 1 amide bonds. The van der Waals surface area contributed by atoms with Crippen molar-refractivity contribution in [2.24, 2.45) is 5.92 Å². The van der Waals surface area contributed by atoms with E-state index >= 15 is 0 Å². The average Bonchev–Trinajstić information content (AvgIpc) is 3.09. The molecule has 3 aromatic rings. The van der Waals surface area contributed by atoms with Gasteiger partial charge in [-0.3, -0.25) is 4.79 Å². The summed E-state index contributed by atoms with van der Waals surface area (Å²) in [5, 5.41) is 11.2. The summed E-state index contributed by atoms with van der Waals surface area (Å²) in [4.78, 5) is 17.5. The fourth-order valence-corrected chi connectivity index (χ4v) is 3.80. The number of pyridine rings is 1. The number of aryl methyl sites for hydroxylation is 2. The number of amides is 1. The Balaban J connectivity index is 1.58. The lowest BCUT2D eigenvalue weighted by Crippen LogP contribution is -2.33. The molecular formula is C22H26N4O2. The van der Waals surface area contributed by atoms with Crippen molar-refractivity contribution in [3.8, 4) is 11.3 Å². The van der Waals surface area contributed by atoms with Gasteiger partial charge in [-0.25, -0.2) is 4.98 Å². The van der Waals surface area contributed by atoms with Gasteiger partial charge in [-0.05, 0) is 58.2 Å². The van der Waals surface area contributed by atoms with Crippen LogP contribution in [0.2, 0.25) is 0 Å². The van der Waals surface area contributed by atoms with Gasteiger partial charge in [-0.1, -0.05) is 35.0 Å². The van der Waals surface area contributed by atoms with Crippen LogP contribution >= 0.6 is 0 Å². The summed E-state index contributed by atoms with van der Waals surface area (Å²) >= 11 is 0. The summed E-state index contributed by atoms with van der Waals surface area (Å²) in [6, 6.07) is 9.92. The first-order valence-corrected chi connectivity index (χ1v) is 9.95. The van der Waals surface area contributed by atoms with Crippen LogP contribution in [-0.4, -0.2) is 35.7 Å². The van der Waals surface area contributed by atoms with Crippen molar-refractivity contribution < 1.29 is 9.32 Å². The van der Waals surface area contributed by atoms with E-state index in [4.69, 9.17) is 4.52 Å². The smallest absolute Gasteiger partial charge is 0.259 e. The molecule has 0 radical (unpaired) electrons. The second-order valence-corrected chi connectivity index (χ2v) is 7.63. The molecule has 1 aliphatic rings. The zero-order valence-electron chi connectivity index (χ0n) is 16.4. The molecule has 28 heavy (non-hydrogen) atoms. The second-order valence-electron chi connectivity index (χ2n) is 7.63. The van der Waals surface area contributed by atoms with Gasteiger partial charge in [0.1, 0.15) is 0 Å². The molecule has 1 fully saturated rings. The molecule has 1 unspecified atom stereocenters. The van der Waals surface area contributed by atoms with Crippen molar-refractivity contribution in [1.82, 2.24) is 20.8 Å². The van der Waals surface area contributed by atoms with E-state index in [9.17, 15) is 4.79 Å². The highest BCUT2D eigenvalue weighted by Gasteiger charge is 2.20. The molecule has 3 heterocycles. The molecule has 6 heteroatoms. The molecule has 1 aromatic carbocycles. The fraction of sp³-hybridized carbons (Fsp3) is 0.409. The van der Waals surface area contributed by atoms with Gasteiger partial charge in [0, 0.05) is 12.1 Å². The highest BCUT2D eigenvalue weighted by atomic mass is 16.5. The molecule has 2 N–H and O–H groups in total. The van der Waals surface area contributed by atoms with E-state index in [0.717, 1.165) is 25.1 Å². The monoisotopic (exact) mass is 378 g/mol. The molecule has 0 spiro atoms. The van der Waals surface area contributed by atoms with Crippen molar-refractivity contribution >= 4 is 17.0 Å². The minimum atomic E-state index is -0.101. The minimum Gasteiger partial charge on any atom is -0.352 e. The van der Waals surface area contributed by atoms with Crippen LogP contribution in [0.1, 0.15) is 40.9 Å². The number of hydrogen-bond donors (Lipinski definition) is 2. The summed E-state index contributed by atoms with van der Waals surface area (Å²) in [6.45, 7) is 6.69. The molecule has 2 aromatic heterocycles. The van der Waals surface area contributed by atoms with Gasteiger partial charge in [0.25, 0.3) is 11.6 Å². The average molecular weight is 378 g/mol. The highest BCUT2D eigenvalue weighted by Crippen LogP contribution is 2.27. The van der Waals surface area contributed by atoms with Crippen molar-refractivity contribution in [2.45, 2.75) is 33.1 Å². The maximum Gasteiger partial charge on any atom is 0.259 e. The third kappa shape index (κ3) is 3.92. The van der Waals surface area contributed by atoms with Crippen LogP contribution in [0.5, 0.6) is 0 Å². The first-order valence-electron chi connectivity index (χ1n) is 9.95. The van der Waals surface area contributed by atoms with Crippen LogP contribution in [-0.2, 0) is 0 Å². The standard InChI is InChI=1S/C22H26N4O2/c1-14-5-7-17(8-6-14)19-12-18(20-15(2)26-28-22(20)25-19)21(27)24-11-9-16-4-3-10-23-13-16/h5-8,12,16,23H,3-4,9-11,13H2,1-2H3,(H,24,27). The third-order valence-corrected chi connectivity index (χ3v) is 5.45. The number of piperidine rings is 1. The Morgan fingerprint density at radius 3 is 2.86 bits per heavy atom. The maximum absolute atomic E-state index is 13.0. The number of rotatable bonds is 5. The van der Waals surface area contributed by atoms with E-state index in [0.29, 0.717) is 40.5 Å². The van der Waals surface area contributed by atoms with Gasteiger partial charge in [0.2, 0.25) is 0 Å². The quantitative estimate of drug-likeness (QED) is 0.709. The largest absolute Gasteiger partial charge is 0.352 e.